The second-order valence-electron chi connectivity index (χ2n) is 23.8. The molecule has 77 heavy (non-hydrogen) atoms. The summed E-state index contributed by atoms with van der Waals surface area (Å²) in [6.45, 7) is 34.1. The second-order valence-corrected chi connectivity index (χ2v) is 23.8. The number of aryl methyl sites for hydroxylation is 10. The molecule has 0 spiro atoms. The number of nitrogens with zero attached hydrogens (tertiary/aromatic N) is 2. The fourth-order valence-electron chi connectivity index (χ4n) is 14.4. The van der Waals surface area contributed by atoms with Crippen LogP contribution in [-0.4, -0.2) is 18.8 Å². The Bertz CT molecular complexity index is 3040. The van der Waals surface area contributed by atoms with E-state index in [2.05, 4.69) is 240 Å². The fraction of sp³-hybridized carbons (Fsp3) is 0.413. The van der Waals surface area contributed by atoms with Gasteiger partial charge in [0.25, 0.3) is 0 Å². The minimum absolute atomic E-state index is 0.153. The van der Waals surface area contributed by atoms with Crippen LogP contribution in [0.25, 0.3) is 0 Å². The van der Waals surface area contributed by atoms with Crippen LogP contribution in [0.1, 0.15) is 207 Å². The van der Waals surface area contributed by atoms with Crippen LogP contribution in [0.15, 0.2) is 145 Å². The average Bonchev–Trinajstić information content (AvgIpc) is 4.14. The predicted molar refractivity (Wildman–Crippen MR) is 332 cm³/mol. The van der Waals surface area contributed by atoms with E-state index in [0.29, 0.717) is 11.8 Å². The number of anilines is 2. The molecule has 1 saturated heterocycles. The van der Waals surface area contributed by atoms with Gasteiger partial charge in [-0.1, -0.05) is 228 Å². The monoisotopic (exact) mass is 1020 g/mol. The van der Waals surface area contributed by atoms with Crippen LogP contribution in [0.5, 0.6) is 0 Å². The van der Waals surface area contributed by atoms with Crippen molar-refractivity contribution in [3.8, 4) is 0 Å². The van der Waals surface area contributed by atoms with E-state index in [4.69, 9.17) is 0 Å². The van der Waals surface area contributed by atoms with Crippen molar-refractivity contribution in [1.82, 2.24) is 0 Å². The highest BCUT2D eigenvalue weighted by Crippen LogP contribution is 2.58. The number of allylic oxidation sites excluding steroid dienone is 6. The number of rotatable bonds is 18. The van der Waals surface area contributed by atoms with Gasteiger partial charge in [-0.15, -0.1) is 0 Å². The van der Waals surface area contributed by atoms with Gasteiger partial charge < -0.3 is 9.80 Å². The van der Waals surface area contributed by atoms with E-state index in [0.717, 1.165) is 58.0 Å². The van der Waals surface area contributed by atoms with E-state index in [1.807, 2.05) is 0 Å². The van der Waals surface area contributed by atoms with Gasteiger partial charge in [0, 0.05) is 46.9 Å². The maximum Gasteiger partial charge on any atom is 0.0914 e. The lowest BCUT2D eigenvalue weighted by molar-refractivity contribution is 0.493. The van der Waals surface area contributed by atoms with Gasteiger partial charge in [0.05, 0.1) is 18.8 Å². The first kappa shape index (κ1) is 54.2. The molecule has 1 aliphatic heterocycles. The summed E-state index contributed by atoms with van der Waals surface area (Å²) in [6, 6.07) is 40.7. The maximum absolute atomic E-state index is 3.00. The van der Waals surface area contributed by atoms with Crippen LogP contribution in [0.2, 0.25) is 0 Å². The van der Waals surface area contributed by atoms with E-state index >= 15 is 0 Å². The van der Waals surface area contributed by atoms with Gasteiger partial charge in [0.1, 0.15) is 0 Å². The molecule has 10 rings (SSSR count). The molecule has 0 N–H and O–H groups in total. The van der Waals surface area contributed by atoms with Crippen LogP contribution in [0.4, 0.5) is 11.4 Å². The number of fused-ring (bicyclic) bond motifs is 3. The molecule has 1 heterocycles. The third kappa shape index (κ3) is 10.2. The molecule has 4 unspecified atom stereocenters. The largest absolute Gasteiger partial charge is 0.347 e. The Morgan fingerprint density at radius 3 is 1.05 bits per heavy atom. The molecule has 6 aromatic rings. The van der Waals surface area contributed by atoms with Crippen LogP contribution >= 0.6 is 0 Å². The third-order valence-electron chi connectivity index (χ3n) is 19.0. The van der Waals surface area contributed by atoms with E-state index in [9.17, 15) is 0 Å². The zero-order valence-corrected chi connectivity index (χ0v) is 49.6. The SMILES string of the molecule is CCc1cc(CC)cc([C@@H](C)c2cc(C)cc([C@H](C)c3cc(CC)cc(CC)c3)c2N2CN(c3c([C@H](C)c4cc(CC)cc(CC)c4)cc(C)cc3[C@H](C)c3cc(CC)cc(CC)c3)C3C4C=CC=C5C=CC=C(C54)C32)c1. The minimum Gasteiger partial charge on any atom is -0.347 e. The maximum atomic E-state index is 3.00. The van der Waals surface area contributed by atoms with Crippen molar-refractivity contribution in [1.29, 1.82) is 0 Å². The van der Waals surface area contributed by atoms with Gasteiger partial charge in [-0.3, -0.25) is 0 Å². The quantitative estimate of drug-likeness (QED) is 0.0847. The van der Waals surface area contributed by atoms with E-state index < -0.39 is 0 Å². The normalized spacial score (nSPS) is 20.0. The van der Waals surface area contributed by atoms with Crippen molar-refractivity contribution in [2.45, 2.75) is 184 Å². The molecule has 2 heteroatoms. The number of hydrogen-bond acceptors (Lipinski definition) is 2. The van der Waals surface area contributed by atoms with Crippen molar-refractivity contribution in [2.75, 3.05) is 16.5 Å². The van der Waals surface area contributed by atoms with Crippen LogP contribution < -0.4 is 9.80 Å². The zero-order chi connectivity index (χ0) is 54.4. The third-order valence-corrected chi connectivity index (χ3v) is 19.0. The first-order chi connectivity index (χ1) is 37.2. The summed E-state index contributed by atoms with van der Waals surface area (Å²) in [5.41, 5.74) is 31.6. The van der Waals surface area contributed by atoms with Gasteiger partial charge >= 0.3 is 0 Å². The molecule has 0 amide bonds. The molecule has 2 fully saturated rings. The van der Waals surface area contributed by atoms with E-state index in [1.54, 1.807) is 5.57 Å². The molecule has 6 aromatic carbocycles. The summed E-state index contributed by atoms with van der Waals surface area (Å²) in [5, 5.41) is 0. The number of hydrogen-bond donors (Lipinski definition) is 0. The zero-order valence-electron chi connectivity index (χ0n) is 49.6. The summed E-state index contributed by atoms with van der Waals surface area (Å²) < 4.78 is 0. The molecule has 2 nitrogen and oxygen atoms in total. The Hall–Kier alpha value is -6.12. The van der Waals surface area contributed by atoms with Gasteiger partial charge in [0.15, 0.2) is 0 Å². The summed E-state index contributed by atoms with van der Waals surface area (Å²) >= 11 is 0. The molecule has 0 aromatic heterocycles. The lowest BCUT2D eigenvalue weighted by atomic mass is 9.78. The Kier molecular flexibility index (Phi) is 16.0. The standard InChI is InChI=1S/C75H90N2/c1-15-52-33-53(16-2)38-61(37-52)48(11)67-29-46(9)30-68(49(12)62-39-54(17-3)34-55(18-4)40-62)72(67)76-45-77(75-66-28-24-26-60-25-23-27-65(71(60)66)74(75)76)73-69(50(13)63-41-56(19-5)35-57(20-6)42-63)31-47(10)32-70(73)51(14)64-43-58(21-7)36-59(22-8)44-64/h23-44,48-51,65,71,74-75H,15-22,45H2,1-14H3/t48-,49-,50-,51-,65?,71?,74?,75?/m1/s1. The summed E-state index contributed by atoms with van der Waals surface area (Å²) in [4.78, 5) is 5.98. The lowest BCUT2D eigenvalue weighted by Gasteiger charge is -2.38. The van der Waals surface area contributed by atoms with E-state index in [1.165, 1.54) is 117 Å². The van der Waals surface area contributed by atoms with Crippen molar-refractivity contribution in [3.05, 3.63) is 245 Å². The van der Waals surface area contributed by atoms with Gasteiger partial charge in [-0.25, -0.2) is 0 Å². The first-order valence-electron chi connectivity index (χ1n) is 30.3. The van der Waals surface area contributed by atoms with E-state index in [-0.39, 0.29) is 35.8 Å². The number of benzene rings is 6. The fourth-order valence-corrected chi connectivity index (χ4v) is 14.4. The van der Waals surface area contributed by atoms with Crippen LogP contribution in [-0.2, 0) is 51.4 Å². The Balaban J connectivity index is 1.27. The predicted octanol–water partition coefficient (Wildman–Crippen LogP) is 18.7. The summed E-state index contributed by atoms with van der Waals surface area (Å²) in [7, 11) is 0. The lowest BCUT2D eigenvalue weighted by Crippen LogP contribution is -2.39. The van der Waals surface area contributed by atoms with Crippen molar-refractivity contribution < 1.29 is 0 Å². The molecule has 1 saturated carbocycles. The molecule has 0 bridgehead atoms. The molecular weight excluding hydrogens is 929 g/mol. The Morgan fingerprint density at radius 1 is 0.403 bits per heavy atom. The molecule has 400 valence electrons. The topological polar surface area (TPSA) is 6.48 Å². The molecule has 8 atom stereocenters. The smallest absolute Gasteiger partial charge is 0.0914 e. The summed E-state index contributed by atoms with van der Waals surface area (Å²) in [5.74, 6) is 1.35. The highest BCUT2D eigenvalue weighted by atomic mass is 15.4. The van der Waals surface area contributed by atoms with Gasteiger partial charge in [-0.2, -0.15) is 0 Å². The Labute approximate surface area is 466 Å². The highest BCUT2D eigenvalue weighted by Gasteiger charge is 2.58. The molecular formula is C75H90N2. The van der Waals surface area contributed by atoms with Crippen molar-refractivity contribution >= 4 is 11.4 Å². The van der Waals surface area contributed by atoms with Gasteiger partial charge in [-0.05, 0) is 165 Å². The highest BCUT2D eigenvalue weighted by molar-refractivity contribution is 5.76. The second kappa shape index (κ2) is 22.7. The van der Waals surface area contributed by atoms with Crippen LogP contribution in [0.3, 0.4) is 0 Å². The molecule has 0 radical (unpaired) electrons. The average molecular weight is 1020 g/mol. The van der Waals surface area contributed by atoms with Crippen molar-refractivity contribution in [3.63, 3.8) is 0 Å². The Morgan fingerprint density at radius 2 is 0.727 bits per heavy atom. The molecule has 4 aliphatic rings. The minimum atomic E-state index is 0.153. The van der Waals surface area contributed by atoms with Crippen molar-refractivity contribution in [2.24, 2.45) is 11.8 Å². The molecule has 3 aliphatic carbocycles. The first-order valence-corrected chi connectivity index (χ1v) is 30.3. The summed E-state index contributed by atoms with van der Waals surface area (Å²) in [6.07, 6.45) is 23.0. The van der Waals surface area contributed by atoms with Crippen LogP contribution in [0, 0.1) is 25.7 Å². The van der Waals surface area contributed by atoms with Gasteiger partial charge in [0.2, 0.25) is 0 Å².